The number of carbonyl (C=O) groups excluding carboxylic acids is 1. The van der Waals surface area contributed by atoms with E-state index in [4.69, 9.17) is 4.74 Å². The first-order valence-corrected chi connectivity index (χ1v) is 4.03. The molecule has 0 saturated carbocycles. The molecule has 1 unspecified atom stereocenters. The van der Waals surface area contributed by atoms with Gasteiger partial charge in [0.15, 0.2) is 0 Å². The first kappa shape index (κ1) is 10.5. The summed E-state index contributed by atoms with van der Waals surface area (Å²) in [4.78, 5) is 11.0. The molecule has 65 valence electrons. The van der Waals surface area contributed by atoms with Gasteiger partial charge in [0.05, 0.1) is 12.5 Å². The highest BCUT2D eigenvalue weighted by Gasteiger charge is 2.11. The fraction of sp³-hybridized carbons (Fsp3) is 0.778. The van der Waals surface area contributed by atoms with Crippen molar-refractivity contribution in [3.8, 4) is 0 Å². The van der Waals surface area contributed by atoms with Crippen LogP contribution in [0.4, 0.5) is 0 Å². The highest BCUT2D eigenvalue weighted by atomic mass is 16.5. The summed E-state index contributed by atoms with van der Waals surface area (Å²) in [6.07, 6.45) is 0.608. The van der Waals surface area contributed by atoms with Crippen molar-refractivity contribution in [3.05, 3.63) is 6.92 Å². The average molecular weight is 157 g/mol. The maximum atomic E-state index is 11.0. The molecule has 0 amide bonds. The van der Waals surface area contributed by atoms with E-state index in [2.05, 4.69) is 6.92 Å². The summed E-state index contributed by atoms with van der Waals surface area (Å²) >= 11 is 0. The van der Waals surface area contributed by atoms with Gasteiger partial charge >= 0.3 is 5.97 Å². The van der Waals surface area contributed by atoms with Gasteiger partial charge in [-0.3, -0.25) is 4.79 Å². The molecule has 0 saturated heterocycles. The van der Waals surface area contributed by atoms with Crippen molar-refractivity contribution in [1.82, 2.24) is 0 Å². The zero-order chi connectivity index (χ0) is 8.85. The molecule has 0 aliphatic carbocycles. The number of hydrogen-bond acceptors (Lipinski definition) is 2. The van der Waals surface area contributed by atoms with Gasteiger partial charge in [-0.05, 0) is 12.3 Å². The van der Waals surface area contributed by atoms with Crippen LogP contribution in [0.5, 0.6) is 0 Å². The zero-order valence-electron chi connectivity index (χ0n) is 7.59. The predicted molar refractivity (Wildman–Crippen MR) is 44.9 cm³/mol. The van der Waals surface area contributed by atoms with Crippen LogP contribution in [-0.4, -0.2) is 12.6 Å². The van der Waals surface area contributed by atoms with Crippen LogP contribution in [0.2, 0.25) is 0 Å². The van der Waals surface area contributed by atoms with Gasteiger partial charge in [0, 0.05) is 0 Å². The van der Waals surface area contributed by atoms with Crippen molar-refractivity contribution in [1.29, 1.82) is 0 Å². The van der Waals surface area contributed by atoms with E-state index in [0.29, 0.717) is 18.9 Å². The molecule has 0 aromatic carbocycles. The van der Waals surface area contributed by atoms with Crippen LogP contribution < -0.4 is 0 Å². The second kappa shape index (κ2) is 5.16. The third kappa shape index (κ3) is 4.82. The summed E-state index contributed by atoms with van der Waals surface area (Å²) in [7, 11) is 0. The summed E-state index contributed by atoms with van der Waals surface area (Å²) < 4.78 is 4.98. The molecule has 0 bridgehead atoms. The second-order valence-electron chi connectivity index (χ2n) is 3.21. The Morgan fingerprint density at radius 2 is 2.00 bits per heavy atom. The van der Waals surface area contributed by atoms with Gasteiger partial charge in [-0.25, -0.2) is 0 Å². The fourth-order valence-electron chi connectivity index (χ4n) is 0.509. The number of hydrogen-bond donors (Lipinski definition) is 0. The molecule has 0 aliphatic rings. The summed E-state index contributed by atoms with van der Waals surface area (Å²) in [5, 5.41) is 0. The number of ether oxygens (including phenoxy) is 1. The maximum absolute atomic E-state index is 11.0. The lowest BCUT2D eigenvalue weighted by atomic mass is 10.1. The molecule has 0 fully saturated rings. The standard InChI is InChI=1S/C9H17O2/c1-5-8(4)9(10)11-6-7(2)3/h7-8H,1,5-6H2,2-4H3. The van der Waals surface area contributed by atoms with Crippen molar-refractivity contribution in [2.24, 2.45) is 11.8 Å². The Balaban J connectivity index is 3.52. The summed E-state index contributed by atoms with van der Waals surface area (Å²) in [6, 6.07) is 0. The predicted octanol–water partition coefficient (Wildman–Crippen LogP) is 2.05. The SMILES string of the molecule is [CH2]CC(C)C(=O)OCC(C)C. The number of carbonyl (C=O) groups is 1. The second-order valence-corrected chi connectivity index (χ2v) is 3.21. The molecule has 0 rings (SSSR count). The van der Waals surface area contributed by atoms with Crippen molar-refractivity contribution < 1.29 is 9.53 Å². The van der Waals surface area contributed by atoms with Crippen LogP contribution in [0.3, 0.4) is 0 Å². The average Bonchev–Trinajstić information content (AvgIpc) is 1.98. The summed E-state index contributed by atoms with van der Waals surface area (Å²) in [5.41, 5.74) is 0. The minimum absolute atomic E-state index is 0.0613. The third-order valence-electron chi connectivity index (χ3n) is 1.39. The first-order valence-electron chi connectivity index (χ1n) is 4.03. The van der Waals surface area contributed by atoms with Crippen LogP contribution in [0, 0.1) is 18.8 Å². The zero-order valence-corrected chi connectivity index (χ0v) is 7.59. The Hall–Kier alpha value is -0.530. The monoisotopic (exact) mass is 157 g/mol. The molecule has 1 radical (unpaired) electrons. The lowest BCUT2D eigenvalue weighted by molar-refractivity contribution is -0.148. The summed E-state index contributed by atoms with van der Waals surface area (Å²) in [6.45, 7) is 10.0. The van der Waals surface area contributed by atoms with E-state index in [0.717, 1.165) is 0 Å². The third-order valence-corrected chi connectivity index (χ3v) is 1.39. The molecule has 11 heavy (non-hydrogen) atoms. The molecular formula is C9H17O2. The van der Waals surface area contributed by atoms with Crippen molar-refractivity contribution in [3.63, 3.8) is 0 Å². The van der Waals surface area contributed by atoms with E-state index in [1.807, 2.05) is 20.8 Å². The Kier molecular flexibility index (Phi) is 4.92. The molecule has 0 aromatic rings. The van der Waals surface area contributed by atoms with E-state index in [1.165, 1.54) is 0 Å². The van der Waals surface area contributed by atoms with E-state index in [1.54, 1.807) is 0 Å². The molecule has 0 aromatic heterocycles. The number of esters is 1. The first-order chi connectivity index (χ1) is 5.07. The fourth-order valence-corrected chi connectivity index (χ4v) is 0.509. The van der Waals surface area contributed by atoms with E-state index in [9.17, 15) is 4.79 Å². The van der Waals surface area contributed by atoms with Crippen molar-refractivity contribution in [2.45, 2.75) is 27.2 Å². The Morgan fingerprint density at radius 3 is 2.36 bits per heavy atom. The highest BCUT2D eigenvalue weighted by molar-refractivity contribution is 5.71. The highest BCUT2D eigenvalue weighted by Crippen LogP contribution is 2.04. The van der Waals surface area contributed by atoms with Gasteiger partial charge in [0.1, 0.15) is 0 Å². The molecule has 0 aliphatic heterocycles. The molecule has 1 atom stereocenters. The minimum Gasteiger partial charge on any atom is -0.465 e. The smallest absolute Gasteiger partial charge is 0.308 e. The minimum atomic E-state index is -0.131. The quantitative estimate of drug-likeness (QED) is 0.584. The van der Waals surface area contributed by atoms with Crippen molar-refractivity contribution >= 4 is 5.97 Å². The van der Waals surface area contributed by atoms with Crippen LogP contribution >= 0.6 is 0 Å². The molecule has 2 heteroatoms. The van der Waals surface area contributed by atoms with Crippen LogP contribution in [0.15, 0.2) is 0 Å². The molecule has 0 N–H and O–H groups in total. The largest absolute Gasteiger partial charge is 0.465 e. The van der Waals surface area contributed by atoms with Crippen LogP contribution in [-0.2, 0) is 9.53 Å². The maximum Gasteiger partial charge on any atom is 0.308 e. The Morgan fingerprint density at radius 1 is 1.45 bits per heavy atom. The van der Waals surface area contributed by atoms with Gasteiger partial charge in [0.2, 0.25) is 0 Å². The van der Waals surface area contributed by atoms with Crippen molar-refractivity contribution in [2.75, 3.05) is 6.61 Å². The van der Waals surface area contributed by atoms with E-state index < -0.39 is 0 Å². The molecule has 0 spiro atoms. The number of rotatable bonds is 4. The molecular weight excluding hydrogens is 140 g/mol. The van der Waals surface area contributed by atoms with Crippen LogP contribution in [0.25, 0.3) is 0 Å². The van der Waals surface area contributed by atoms with Gasteiger partial charge in [0.25, 0.3) is 0 Å². The van der Waals surface area contributed by atoms with E-state index >= 15 is 0 Å². The van der Waals surface area contributed by atoms with E-state index in [-0.39, 0.29) is 11.9 Å². The topological polar surface area (TPSA) is 26.3 Å². The van der Waals surface area contributed by atoms with Gasteiger partial charge in [-0.1, -0.05) is 27.7 Å². The lowest BCUT2D eigenvalue weighted by Crippen LogP contribution is -2.16. The van der Waals surface area contributed by atoms with Gasteiger partial charge in [-0.2, -0.15) is 0 Å². The lowest BCUT2D eigenvalue weighted by Gasteiger charge is -2.10. The van der Waals surface area contributed by atoms with Gasteiger partial charge < -0.3 is 4.74 Å². The Bertz CT molecular complexity index is 119. The normalized spacial score (nSPS) is 13.2. The molecule has 2 nitrogen and oxygen atoms in total. The Labute approximate surface area is 68.9 Å². The van der Waals surface area contributed by atoms with Crippen LogP contribution in [0.1, 0.15) is 27.2 Å². The molecule has 0 heterocycles. The van der Waals surface area contributed by atoms with Gasteiger partial charge in [-0.15, -0.1) is 0 Å². The summed E-state index contributed by atoms with van der Waals surface area (Å²) in [5.74, 6) is 0.221.